The topological polar surface area (TPSA) is 41.6 Å². The molecule has 142 valence electrons. The van der Waals surface area contributed by atoms with Crippen LogP contribution in [0.2, 0.25) is 0 Å². The normalized spacial score (nSPS) is 19.0. The molecule has 4 rings (SSSR count). The molecule has 1 atom stereocenters. The number of anilines is 1. The van der Waals surface area contributed by atoms with Gasteiger partial charge in [-0.3, -0.25) is 4.90 Å². The van der Waals surface area contributed by atoms with Gasteiger partial charge in [-0.1, -0.05) is 47.5 Å². The van der Waals surface area contributed by atoms with Gasteiger partial charge in [-0.05, 0) is 50.8 Å². The molecule has 4 heteroatoms. The van der Waals surface area contributed by atoms with Gasteiger partial charge in [-0.2, -0.15) is 0 Å². The Kier molecular flexibility index (Phi) is 4.68. The van der Waals surface area contributed by atoms with E-state index in [9.17, 15) is 4.79 Å². The van der Waals surface area contributed by atoms with Crippen molar-refractivity contribution in [1.29, 1.82) is 0 Å². The van der Waals surface area contributed by atoms with Crippen LogP contribution in [0.4, 0.5) is 10.5 Å². The van der Waals surface area contributed by atoms with Gasteiger partial charge in [0.15, 0.2) is 0 Å². The van der Waals surface area contributed by atoms with Gasteiger partial charge >= 0.3 is 6.03 Å². The minimum absolute atomic E-state index is 0.0162. The lowest BCUT2D eigenvalue weighted by molar-refractivity contribution is 0.0556. The fourth-order valence-corrected chi connectivity index (χ4v) is 4.61. The Labute approximate surface area is 161 Å². The summed E-state index contributed by atoms with van der Waals surface area (Å²) in [6, 6.07) is 14.8. The summed E-state index contributed by atoms with van der Waals surface area (Å²) < 4.78 is 5.59. The summed E-state index contributed by atoms with van der Waals surface area (Å²) in [5.41, 5.74) is 5.97. The van der Waals surface area contributed by atoms with Gasteiger partial charge in [0, 0.05) is 30.9 Å². The van der Waals surface area contributed by atoms with Crippen LogP contribution in [-0.4, -0.2) is 25.8 Å². The van der Waals surface area contributed by atoms with Gasteiger partial charge < -0.3 is 10.1 Å². The molecule has 2 heterocycles. The van der Waals surface area contributed by atoms with Crippen molar-refractivity contribution in [3.63, 3.8) is 0 Å². The van der Waals surface area contributed by atoms with Crippen LogP contribution in [0.15, 0.2) is 42.5 Å². The maximum absolute atomic E-state index is 13.2. The van der Waals surface area contributed by atoms with E-state index in [0.717, 1.165) is 43.9 Å². The maximum Gasteiger partial charge on any atom is 0.322 e. The number of carbonyl (C=O) groups is 1. The fraction of sp³-hybridized carbons (Fsp3) is 0.435. The number of hydrogen-bond donors (Lipinski definition) is 1. The van der Waals surface area contributed by atoms with E-state index >= 15 is 0 Å². The summed E-state index contributed by atoms with van der Waals surface area (Å²) in [6.45, 7) is 8.51. The van der Waals surface area contributed by atoms with Gasteiger partial charge in [-0.15, -0.1) is 0 Å². The van der Waals surface area contributed by atoms with Crippen LogP contribution in [0.1, 0.15) is 48.1 Å². The molecule has 0 aliphatic carbocycles. The zero-order valence-corrected chi connectivity index (χ0v) is 16.4. The number of ether oxygens (including phenoxy) is 1. The van der Waals surface area contributed by atoms with Gasteiger partial charge in [0.2, 0.25) is 0 Å². The molecular weight excluding hydrogens is 336 g/mol. The average Bonchev–Trinajstić information content (AvgIpc) is 2.96. The minimum atomic E-state index is -0.0329. The number of rotatable bonds is 2. The molecule has 0 radical (unpaired) electrons. The van der Waals surface area contributed by atoms with Crippen LogP contribution in [0.25, 0.3) is 0 Å². The third kappa shape index (κ3) is 3.34. The second-order valence-corrected chi connectivity index (χ2v) is 8.09. The molecule has 1 fully saturated rings. The lowest BCUT2D eigenvalue weighted by Crippen LogP contribution is -2.45. The highest BCUT2D eigenvalue weighted by Crippen LogP contribution is 2.46. The van der Waals surface area contributed by atoms with Crippen molar-refractivity contribution >= 4 is 11.7 Å². The van der Waals surface area contributed by atoms with Crippen LogP contribution in [-0.2, 0) is 10.2 Å². The number of para-hydroxylation sites is 1. The van der Waals surface area contributed by atoms with Gasteiger partial charge in [0.05, 0.1) is 6.04 Å². The minimum Gasteiger partial charge on any atom is -0.381 e. The zero-order valence-electron chi connectivity index (χ0n) is 16.4. The first-order chi connectivity index (χ1) is 13.0. The molecule has 1 spiro atoms. The maximum atomic E-state index is 13.2. The van der Waals surface area contributed by atoms with Crippen LogP contribution >= 0.6 is 0 Å². The molecule has 2 aliphatic rings. The Morgan fingerprint density at radius 1 is 1.11 bits per heavy atom. The van der Waals surface area contributed by atoms with Gasteiger partial charge in [0.1, 0.15) is 0 Å². The molecule has 1 saturated heterocycles. The zero-order chi connectivity index (χ0) is 19.0. The van der Waals surface area contributed by atoms with Gasteiger partial charge in [0.25, 0.3) is 0 Å². The quantitative estimate of drug-likeness (QED) is 0.843. The van der Waals surface area contributed by atoms with E-state index in [1.165, 1.54) is 16.7 Å². The predicted octanol–water partition coefficient (Wildman–Crippen LogP) is 4.64. The molecule has 0 aromatic heterocycles. The number of hydrogen-bond acceptors (Lipinski definition) is 2. The SMILES string of the molecule is Cc1cc(C)cc(C(C)NC(=O)N2CC3(CCOCC3)c3ccccc32)c1. The van der Waals surface area contributed by atoms with E-state index in [4.69, 9.17) is 4.74 Å². The Morgan fingerprint density at radius 2 is 1.78 bits per heavy atom. The third-order valence-electron chi connectivity index (χ3n) is 6.01. The first kappa shape index (κ1) is 18.1. The summed E-state index contributed by atoms with van der Waals surface area (Å²) in [6.07, 6.45) is 1.95. The van der Waals surface area contributed by atoms with Crippen LogP contribution in [0.3, 0.4) is 0 Å². The molecule has 2 amide bonds. The number of fused-ring (bicyclic) bond motifs is 2. The van der Waals surface area contributed by atoms with E-state index in [1.807, 2.05) is 11.0 Å². The molecule has 1 N–H and O–H groups in total. The lowest BCUT2D eigenvalue weighted by atomic mass is 9.76. The highest BCUT2D eigenvalue weighted by molar-refractivity contribution is 5.95. The number of carbonyl (C=O) groups excluding carboxylic acids is 1. The number of amides is 2. The molecule has 2 aliphatic heterocycles. The van der Waals surface area contributed by atoms with E-state index in [1.54, 1.807) is 0 Å². The average molecular weight is 364 g/mol. The fourth-order valence-electron chi connectivity index (χ4n) is 4.61. The number of urea groups is 1. The molecule has 0 saturated carbocycles. The summed E-state index contributed by atoms with van der Waals surface area (Å²) in [7, 11) is 0. The first-order valence-electron chi connectivity index (χ1n) is 9.82. The summed E-state index contributed by atoms with van der Waals surface area (Å²) >= 11 is 0. The Morgan fingerprint density at radius 3 is 2.48 bits per heavy atom. The standard InChI is InChI=1S/C23H28N2O2/c1-16-12-17(2)14-19(13-16)18(3)24-22(26)25-15-23(8-10-27-11-9-23)20-6-4-5-7-21(20)25/h4-7,12-14,18H,8-11,15H2,1-3H3,(H,24,26). The van der Waals surface area contributed by atoms with Crippen LogP contribution < -0.4 is 10.2 Å². The van der Waals surface area contributed by atoms with Crippen molar-refractivity contribution in [1.82, 2.24) is 5.32 Å². The first-order valence-corrected chi connectivity index (χ1v) is 9.82. The number of nitrogens with zero attached hydrogens (tertiary/aromatic N) is 1. The summed E-state index contributed by atoms with van der Waals surface area (Å²) in [5.74, 6) is 0. The molecule has 4 nitrogen and oxygen atoms in total. The van der Waals surface area contributed by atoms with Crippen LogP contribution in [0.5, 0.6) is 0 Å². The van der Waals surface area contributed by atoms with Crippen molar-refractivity contribution < 1.29 is 9.53 Å². The highest BCUT2D eigenvalue weighted by Gasteiger charge is 2.45. The van der Waals surface area contributed by atoms with E-state index < -0.39 is 0 Å². The van der Waals surface area contributed by atoms with Crippen molar-refractivity contribution in [2.24, 2.45) is 0 Å². The second-order valence-electron chi connectivity index (χ2n) is 8.09. The number of benzene rings is 2. The van der Waals surface area contributed by atoms with Crippen molar-refractivity contribution in [2.75, 3.05) is 24.7 Å². The molecule has 1 unspecified atom stereocenters. The number of nitrogens with one attached hydrogen (secondary N) is 1. The lowest BCUT2D eigenvalue weighted by Gasteiger charge is -2.34. The summed E-state index contributed by atoms with van der Waals surface area (Å²) in [4.78, 5) is 15.1. The van der Waals surface area contributed by atoms with Gasteiger partial charge in [-0.25, -0.2) is 4.79 Å². The van der Waals surface area contributed by atoms with E-state index in [0.29, 0.717) is 0 Å². The van der Waals surface area contributed by atoms with Crippen molar-refractivity contribution in [2.45, 2.75) is 45.1 Å². The van der Waals surface area contributed by atoms with E-state index in [2.05, 4.69) is 62.5 Å². The smallest absolute Gasteiger partial charge is 0.322 e. The highest BCUT2D eigenvalue weighted by atomic mass is 16.5. The summed E-state index contributed by atoms with van der Waals surface area (Å²) in [5, 5.41) is 3.21. The van der Waals surface area contributed by atoms with E-state index in [-0.39, 0.29) is 17.5 Å². The third-order valence-corrected chi connectivity index (χ3v) is 6.01. The molecular formula is C23H28N2O2. The Balaban J connectivity index is 1.57. The number of aryl methyl sites for hydroxylation is 2. The second kappa shape index (κ2) is 7.01. The van der Waals surface area contributed by atoms with Crippen molar-refractivity contribution in [3.05, 3.63) is 64.7 Å². The predicted molar refractivity (Wildman–Crippen MR) is 108 cm³/mol. The molecule has 2 aromatic rings. The Hall–Kier alpha value is -2.33. The molecule has 2 aromatic carbocycles. The molecule has 0 bridgehead atoms. The monoisotopic (exact) mass is 364 g/mol. The Bertz CT molecular complexity index is 835. The molecule has 27 heavy (non-hydrogen) atoms. The van der Waals surface area contributed by atoms with Crippen LogP contribution in [0, 0.1) is 13.8 Å². The largest absolute Gasteiger partial charge is 0.381 e. The van der Waals surface area contributed by atoms with Crippen molar-refractivity contribution in [3.8, 4) is 0 Å².